The predicted octanol–water partition coefficient (Wildman–Crippen LogP) is 6.43. The summed E-state index contributed by atoms with van der Waals surface area (Å²) in [5.41, 5.74) is 2.37. The van der Waals surface area contributed by atoms with Crippen LogP contribution in [0.4, 0.5) is 4.79 Å². The van der Waals surface area contributed by atoms with Crippen molar-refractivity contribution in [2.24, 2.45) is 0 Å². The van der Waals surface area contributed by atoms with Crippen LogP contribution in [-0.4, -0.2) is 28.1 Å². The topological polar surface area (TPSA) is 68.7 Å². The van der Waals surface area contributed by atoms with E-state index >= 15 is 0 Å². The van der Waals surface area contributed by atoms with Gasteiger partial charge in [0, 0.05) is 10.7 Å². The number of carbonyl (C=O) groups is 2. The van der Waals surface area contributed by atoms with E-state index in [0.717, 1.165) is 27.5 Å². The van der Waals surface area contributed by atoms with Crippen molar-refractivity contribution in [1.82, 2.24) is 9.88 Å². The summed E-state index contributed by atoms with van der Waals surface area (Å²) in [7, 11) is 1.55. The molecule has 0 bridgehead atoms. The molecule has 0 saturated carbocycles. The highest BCUT2D eigenvalue weighted by atomic mass is 79.9. The molecule has 4 rings (SSSR count). The number of rotatable bonds is 7. The lowest BCUT2D eigenvalue weighted by Gasteiger charge is -2.14. The molecule has 168 valence electrons. The number of carbonyl (C=O) groups excluding carboxylic acids is 2. The Kier molecular flexibility index (Phi) is 7.52. The molecule has 0 atom stereocenters. The van der Waals surface area contributed by atoms with Crippen LogP contribution in [0.15, 0.2) is 74.6 Å². The summed E-state index contributed by atoms with van der Waals surface area (Å²) in [6.07, 6.45) is 3.39. The zero-order valence-electron chi connectivity index (χ0n) is 17.5. The molecule has 0 radical (unpaired) electrons. The third kappa shape index (κ3) is 5.66. The molecule has 0 N–H and O–H groups in total. The van der Waals surface area contributed by atoms with Crippen LogP contribution >= 0.6 is 43.6 Å². The lowest BCUT2D eigenvalue weighted by molar-refractivity contribution is -0.123. The lowest BCUT2D eigenvalue weighted by Crippen LogP contribution is -2.27. The van der Waals surface area contributed by atoms with Crippen molar-refractivity contribution in [3.8, 4) is 11.5 Å². The van der Waals surface area contributed by atoms with Gasteiger partial charge in [-0.15, -0.1) is 0 Å². The van der Waals surface area contributed by atoms with Crippen molar-refractivity contribution in [3.05, 3.63) is 91.5 Å². The molecule has 1 aromatic heterocycles. The highest BCUT2D eigenvalue weighted by Crippen LogP contribution is 2.39. The number of pyridine rings is 1. The van der Waals surface area contributed by atoms with Crippen molar-refractivity contribution in [2.45, 2.75) is 13.2 Å². The molecule has 2 aromatic carbocycles. The number of imide groups is 1. The first-order chi connectivity index (χ1) is 15.9. The van der Waals surface area contributed by atoms with E-state index in [2.05, 4.69) is 36.8 Å². The minimum absolute atomic E-state index is 0.225. The zero-order valence-corrected chi connectivity index (χ0v) is 21.4. The van der Waals surface area contributed by atoms with Crippen molar-refractivity contribution in [1.29, 1.82) is 0 Å². The van der Waals surface area contributed by atoms with Crippen LogP contribution in [-0.2, 0) is 17.9 Å². The first-order valence-electron chi connectivity index (χ1n) is 9.84. The van der Waals surface area contributed by atoms with Gasteiger partial charge in [0.1, 0.15) is 6.61 Å². The van der Waals surface area contributed by atoms with E-state index in [-0.39, 0.29) is 24.3 Å². The van der Waals surface area contributed by atoms with E-state index in [1.165, 1.54) is 4.90 Å². The number of nitrogens with zero attached hydrogens (tertiary/aromatic N) is 2. The number of benzene rings is 2. The number of ether oxygens (including phenoxy) is 2. The van der Waals surface area contributed by atoms with Gasteiger partial charge in [-0.2, -0.15) is 0 Å². The van der Waals surface area contributed by atoms with Gasteiger partial charge in [0.05, 0.1) is 28.7 Å². The predicted molar refractivity (Wildman–Crippen MR) is 135 cm³/mol. The first kappa shape index (κ1) is 23.5. The third-order valence-corrected chi connectivity index (χ3v) is 6.79. The van der Waals surface area contributed by atoms with E-state index < -0.39 is 0 Å². The van der Waals surface area contributed by atoms with E-state index in [4.69, 9.17) is 9.47 Å². The maximum absolute atomic E-state index is 12.9. The third-order valence-electron chi connectivity index (χ3n) is 4.77. The molecule has 0 aliphatic carbocycles. The fraction of sp³-hybridized carbons (Fsp3) is 0.125. The van der Waals surface area contributed by atoms with Crippen LogP contribution in [0, 0.1) is 0 Å². The first-order valence-corrected chi connectivity index (χ1v) is 12.2. The second kappa shape index (κ2) is 10.5. The van der Waals surface area contributed by atoms with Crippen LogP contribution in [0.1, 0.15) is 16.8 Å². The van der Waals surface area contributed by atoms with Gasteiger partial charge >= 0.3 is 0 Å². The summed E-state index contributed by atoms with van der Waals surface area (Å²) >= 11 is 7.83. The summed E-state index contributed by atoms with van der Waals surface area (Å²) < 4.78 is 13.0. The summed E-state index contributed by atoms with van der Waals surface area (Å²) in [5, 5.41) is -0.296. The van der Waals surface area contributed by atoms with E-state index in [9.17, 15) is 9.59 Å². The maximum atomic E-state index is 12.9. The van der Waals surface area contributed by atoms with E-state index in [1.807, 2.05) is 48.5 Å². The molecule has 3 aromatic rings. The van der Waals surface area contributed by atoms with Crippen molar-refractivity contribution in [2.75, 3.05) is 7.11 Å². The van der Waals surface area contributed by atoms with Crippen LogP contribution in [0.2, 0.25) is 0 Å². The molecule has 1 aliphatic heterocycles. The fourth-order valence-corrected chi connectivity index (χ4v) is 4.83. The molecule has 0 unspecified atom stereocenters. The van der Waals surface area contributed by atoms with Gasteiger partial charge in [-0.05, 0) is 81.3 Å². The molecule has 9 heteroatoms. The quantitative estimate of drug-likeness (QED) is 0.296. The van der Waals surface area contributed by atoms with E-state index in [1.54, 1.807) is 25.4 Å². The van der Waals surface area contributed by atoms with Crippen molar-refractivity contribution in [3.63, 3.8) is 0 Å². The molecule has 1 saturated heterocycles. The molecule has 2 amide bonds. The maximum Gasteiger partial charge on any atom is 0.293 e. The number of thioether (sulfide) groups is 1. The molecule has 1 aliphatic rings. The molecule has 6 nitrogen and oxygen atoms in total. The molecule has 2 heterocycles. The zero-order chi connectivity index (χ0) is 23.4. The fourth-order valence-electron chi connectivity index (χ4n) is 3.15. The van der Waals surface area contributed by atoms with Gasteiger partial charge in [-0.3, -0.25) is 19.5 Å². The van der Waals surface area contributed by atoms with Crippen LogP contribution < -0.4 is 9.47 Å². The number of hydrogen-bond acceptors (Lipinski definition) is 6. The lowest BCUT2D eigenvalue weighted by atomic mass is 10.1. The largest absolute Gasteiger partial charge is 0.493 e. The normalized spacial score (nSPS) is 14.8. The van der Waals surface area contributed by atoms with E-state index in [0.29, 0.717) is 26.4 Å². The van der Waals surface area contributed by atoms with Gasteiger partial charge < -0.3 is 9.47 Å². The van der Waals surface area contributed by atoms with Gasteiger partial charge in [0.15, 0.2) is 11.5 Å². The second-order valence-corrected chi connectivity index (χ2v) is 9.80. The minimum atomic E-state index is -0.321. The number of methoxy groups -OCH3 is 1. The highest BCUT2D eigenvalue weighted by molar-refractivity contribution is 9.10. The Hall–Kier alpha value is -2.62. The molecular formula is C24H18Br2N2O4S. The van der Waals surface area contributed by atoms with Crippen molar-refractivity contribution >= 4 is 60.8 Å². The monoisotopic (exact) mass is 588 g/mol. The smallest absolute Gasteiger partial charge is 0.293 e. The van der Waals surface area contributed by atoms with Crippen LogP contribution in [0.25, 0.3) is 6.08 Å². The number of amides is 2. The highest BCUT2D eigenvalue weighted by Gasteiger charge is 2.35. The van der Waals surface area contributed by atoms with Gasteiger partial charge in [-0.1, -0.05) is 34.1 Å². The summed E-state index contributed by atoms with van der Waals surface area (Å²) in [6, 6.07) is 16.7. The standard InChI is InChI=1S/C24H18Br2N2O4S/c1-31-20-11-16(10-19(26)22(20)32-14-18-4-2-3-9-27-18)12-21-23(29)28(24(30)33-21)13-15-5-7-17(25)8-6-15/h2-12H,13-14H2,1H3/b21-12-. The average molecular weight is 590 g/mol. The Balaban J connectivity index is 1.53. The molecule has 33 heavy (non-hydrogen) atoms. The summed E-state index contributed by atoms with van der Waals surface area (Å²) in [4.78, 5) is 31.2. The number of halogens is 2. The Bertz CT molecular complexity index is 1220. The second-order valence-electron chi connectivity index (χ2n) is 7.04. The summed E-state index contributed by atoms with van der Waals surface area (Å²) in [5.74, 6) is 0.711. The van der Waals surface area contributed by atoms with Gasteiger partial charge in [0.2, 0.25) is 0 Å². The molecular weight excluding hydrogens is 572 g/mol. The SMILES string of the molecule is COc1cc(/C=C2\SC(=O)N(Cc3ccc(Br)cc3)C2=O)cc(Br)c1OCc1ccccn1. The van der Waals surface area contributed by atoms with Gasteiger partial charge in [0.25, 0.3) is 11.1 Å². The summed E-state index contributed by atoms with van der Waals surface area (Å²) in [6.45, 7) is 0.507. The molecule has 0 spiro atoms. The van der Waals surface area contributed by atoms with Crippen molar-refractivity contribution < 1.29 is 19.1 Å². The minimum Gasteiger partial charge on any atom is -0.493 e. The Morgan fingerprint density at radius 2 is 1.88 bits per heavy atom. The Morgan fingerprint density at radius 3 is 2.58 bits per heavy atom. The number of aromatic nitrogens is 1. The Morgan fingerprint density at radius 1 is 1.09 bits per heavy atom. The number of hydrogen-bond donors (Lipinski definition) is 0. The van der Waals surface area contributed by atoms with Crippen LogP contribution in [0.5, 0.6) is 11.5 Å². The van der Waals surface area contributed by atoms with Gasteiger partial charge in [-0.25, -0.2) is 0 Å². The molecule has 1 fully saturated rings. The average Bonchev–Trinajstić information content (AvgIpc) is 3.07. The van der Waals surface area contributed by atoms with Crippen LogP contribution in [0.3, 0.4) is 0 Å². The Labute approximate surface area is 212 Å².